The summed E-state index contributed by atoms with van der Waals surface area (Å²) in [5, 5.41) is 6.35. The number of rotatable bonds is 4. The standard InChI is InChI=1S/C12H18N4O2S.HI/c1-13-19(17,18)11-5-3-10(4-6-11)9-16-12-14-7-2-8-15-12;/h3-6,13H,2,7-9H2,1H3,(H2,14,15,16);1H. The maximum Gasteiger partial charge on any atom is 0.240 e. The van der Waals surface area contributed by atoms with E-state index in [-0.39, 0.29) is 28.9 Å². The number of benzene rings is 1. The van der Waals surface area contributed by atoms with Gasteiger partial charge in [-0.2, -0.15) is 0 Å². The van der Waals surface area contributed by atoms with Gasteiger partial charge in [-0.3, -0.25) is 4.99 Å². The van der Waals surface area contributed by atoms with E-state index in [1.165, 1.54) is 7.05 Å². The van der Waals surface area contributed by atoms with E-state index in [2.05, 4.69) is 20.3 Å². The summed E-state index contributed by atoms with van der Waals surface area (Å²) in [6, 6.07) is 6.78. The van der Waals surface area contributed by atoms with Crippen molar-refractivity contribution in [2.45, 2.75) is 17.9 Å². The largest absolute Gasteiger partial charge is 0.356 e. The number of hydrogen-bond acceptors (Lipinski definition) is 5. The lowest BCUT2D eigenvalue weighted by Crippen LogP contribution is -2.40. The Labute approximate surface area is 136 Å². The molecule has 0 spiro atoms. The van der Waals surface area contributed by atoms with Crippen LogP contribution in [0.15, 0.2) is 34.2 Å². The van der Waals surface area contributed by atoms with Gasteiger partial charge in [-0.25, -0.2) is 13.1 Å². The molecule has 0 bridgehead atoms. The van der Waals surface area contributed by atoms with Crippen LogP contribution in [0.4, 0.5) is 0 Å². The van der Waals surface area contributed by atoms with Crippen LogP contribution in [0, 0.1) is 0 Å². The molecule has 0 amide bonds. The van der Waals surface area contributed by atoms with E-state index in [4.69, 9.17) is 0 Å². The van der Waals surface area contributed by atoms with Crippen LogP contribution >= 0.6 is 24.0 Å². The number of nitrogens with zero attached hydrogens (tertiary/aromatic N) is 1. The Morgan fingerprint density at radius 3 is 2.55 bits per heavy atom. The smallest absolute Gasteiger partial charge is 0.240 e. The van der Waals surface area contributed by atoms with Crippen LogP contribution in [-0.2, 0) is 16.6 Å². The first-order valence-corrected chi connectivity index (χ1v) is 7.65. The van der Waals surface area contributed by atoms with E-state index in [0.29, 0.717) is 6.54 Å². The zero-order valence-corrected chi connectivity index (χ0v) is 14.4. The zero-order valence-electron chi connectivity index (χ0n) is 11.2. The van der Waals surface area contributed by atoms with Gasteiger partial charge >= 0.3 is 0 Å². The third-order valence-corrected chi connectivity index (χ3v) is 4.29. The van der Waals surface area contributed by atoms with Crippen molar-refractivity contribution in [2.75, 3.05) is 20.1 Å². The fraction of sp³-hybridized carbons (Fsp3) is 0.417. The van der Waals surface area contributed by atoms with Crippen LogP contribution in [0.25, 0.3) is 0 Å². The van der Waals surface area contributed by atoms with Crippen molar-refractivity contribution in [3.05, 3.63) is 29.8 Å². The number of sulfonamides is 1. The monoisotopic (exact) mass is 410 g/mol. The first-order valence-electron chi connectivity index (χ1n) is 6.16. The molecule has 0 unspecified atom stereocenters. The van der Waals surface area contributed by atoms with Gasteiger partial charge in [0.15, 0.2) is 5.96 Å². The Bertz CT molecular complexity index is 557. The van der Waals surface area contributed by atoms with Crippen LogP contribution in [0.5, 0.6) is 0 Å². The average molecular weight is 410 g/mol. The molecular formula is C12H19IN4O2S. The van der Waals surface area contributed by atoms with Crippen LogP contribution in [-0.4, -0.2) is 34.5 Å². The summed E-state index contributed by atoms with van der Waals surface area (Å²) in [6.45, 7) is 2.39. The molecule has 0 atom stereocenters. The number of aliphatic imine (C=N–C) groups is 1. The normalized spacial score (nSPS) is 14.8. The fourth-order valence-corrected chi connectivity index (χ4v) is 2.47. The second kappa shape index (κ2) is 7.79. The van der Waals surface area contributed by atoms with Crippen molar-refractivity contribution in [3.8, 4) is 0 Å². The van der Waals surface area contributed by atoms with Crippen LogP contribution in [0.2, 0.25) is 0 Å². The second-order valence-electron chi connectivity index (χ2n) is 4.22. The highest BCUT2D eigenvalue weighted by atomic mass is 127. The third-order valence-electron chi connectivity index (χ3n) is 2.86. The van der Waals surface area contributed by atoms with Gasteiger partial charge in [0, 0.05) is 19.6 Å². The van der Waals surface area contributed by atoms with Crippen LogP contribution in [0.3, 0.4) is 0 Å². The Kier molecular flexibility index (Phi) is 6.69. The summed E-state index contributed by atoms with van der Waals surface area (Å²) < 4.78 is 25.4. The lowest BCUT2D eigenvalue weighted by atomic mass is 10.2. The average Bonchev–Trinajstić information content (AvgIpc) is 2.47. The molecular weight excluding hydrogens is 391 g/mol. The highest BCUT2D eigenvalue weighted by molar-refractivity contribution is 14.0. The summed E-state index contributed by atoms with van der Waals surface area (Å²) >= 11 is 0. The summed E-state index contributed by atoms with van der Waals surface area (Å²) in [5.41, 5.74) is 1.00. The van der Waals surface area contributed by atoms with E-state index in [9.17, 15) is 8.42 Å². The minimum Gasteiger partial charge on any atom is -0.356 e. The van der Waals surface area contributed by atoms with Crippen molar-refractivity contribution < 1.29 is 8.42 Å². The second-order valence-corrected chi connectivity index (χ2v) is 6.10. The number of halogens is 1. The summed E-state index contributed by atoms with van der Waals surface area (Å²) in [4.78, 5) is 4.57. The predicted molar refractivity (Wildman–Crippen MR) is 89.9 cm³/mol. The van der Waals surface area contributed by atoms with Gasteiger partial charge in [0.2, 0.25) is 10.0 Å². The van der Waals surface area contributed by atoms with Crippen molar-refractivity contribution in [2.24, 2.45) is 4.99 Å². The van der Waals surface area contributed by atoms with E-state index in [1.807, 2.05) is 0 Å². The highest BCUT2D eigenvalue weighted by Gasteiger charge is 2.10. The van der Waals surface area contributed by atoms with Gasteiger partial charge in [0.05, 0.1) is 4.90 Å². The van der Waals surface area contributed by atoms with E-state index < -0.39 is 10.0 Å². The molecule has 0 fully saturated rings. The maximum absolute atomic E-state index is 11.6. The third kappa shape index (κ3) is 4.60. The van der Waals surface area contributed by atoms with E-state index >= 15 is 0 Å². The molecule has 0 aliphatic carbocycles. The van der Waals surface area contributed by atoms with Gasteiger partial charge in [-0.05, 0) is 31.2 Å². The predicted octanol–water partition coefficient (Wildman–Crippen LogP) is 0.652. The quantitative estimate of drug-likeness (QED) is 0.637. The van der Waals surface area contributed by atoms with Crippen molar-refractivity contribution in [3.63, 3.8) is 0 Å². The molecule has 0 saturated heterocycles. The molecule has 1 aromatic rings. The molecule has 20 heavy (non-hydrogen) atoms. The molecule has 0 aromatic heterocycles. The summed E-state index contributed by atoms with van der Waals surface area (Å²) in [5.74, 6) is 0.804. The fourth-order valence-electron chi connectivity index (χ4n) is 1.74. The first-order chi connectivity index (χ1) is 9.12. The maximum atomic E-state index is 11.6. The Morgan fingerprint density at radius 2 is 2.00 bits per heavy atom. The van der Waals surface area contributed by atoms with Crippen molar-refractivity contribution >= 4 is 40.0 Å². The molecule has 0 radical (unpaired) electrons. The molecule has 2 rings (SSSR count). The Balaban J connectivity index is 0.00000200. The van der Waals surface area contributed by atoms with Crippen LogP contribution < -0.4 is 15.4 Å². The minimum absolute atomic E-state index is 0. The SMILES string of the molecule is CNS(=O)(=O)c1ccc(CNC2=NCCCN2)cc1.I. The number of hydrogen-bond donors (Lipinski definition) is 3. The Morgan fingerprint density at radius 1 is 1.30 bits per heavy atom. The highest BCUT2D eigenvalue weighted by Crippen LogP contribution is 2.09. The number of nitrogens with one attached hydrogen (secondary N) is 3. The van der Waals surface area contributed by atoms with E-state index in [0.717, 1.165) is 31.0 Å². The molecule has 3 N–H and O–H groups in total. The topological polar surface area (TPSA) is 82.6 Å². The van der Waals surface area contributed by atoms with Gasteiger partial charge in [-0.15, -0.1) is 24.0 Å². The molecule has 112 valence electrons. The van der Waals surface area contributed by atoms with E-state index in [1.54, 1.807) is 24.3 Å². The summed E-state index contributed by atoms with van der Waals surface area (Å²) in [7, 11) is -1.96. The summed E-state index contributed by atoms with van der Waals surface area (Å²) in [6.07, 6.45) is 1.06. The molecule has 6 nitrogen and oxygen atoms in total. The molecule has 0 saturated carbocycles. The molecule has 1 aliphatic rings. The minimum atomic E-state index is -3.36. The van der Waals surface area contributed by atoms with Gasteiger partial charge in [0.1, 0.15) is 0 Å². The number of guanidine groups is 1. The first kappa shape index (κ1) is 17.2. The molecule has 1 aromatic carbocycles. The van der Waals surface area contributed by atoms with Gasteiger partial charge < -0.3 is 10.6 Å². The molecule has 8 heteroatoms. The van der Waals surface area contributed by atoms with Crippen LogP contribution in [0.1, 0.15) is 12.0 Å². The van der Waals surface area contributed by atoms with Gasteiger partial charge in [-0.1, -0.05) is 12.1 Å². The zero-order chi connectivity index (χ0) is 13.7. The lowest BCUT2D eigenvalue weighted by Gasteiger charge is -2.16. The lowest BCUT2D eigenvalue weighted by molar-refractivity contribution is 0.588. The van der Waals surface area contributed by atoms with Gasteiger partial charge in [0.25, 0.3) is 0 Å². The molecule has 1 aliphatic heterocycles. The van der Waals surface area contributed by atoms with Crippen molar-refractivity contribution in [1.82, 2.24) is 15.4 Å². The molecule has 1 heterocycles. The Hall–Kier alpha value is -0.870. The van der Waals surface area contributed by atoms with Crippen molar-refractivity contribution in [1.29, 1.82) is 0 Å².